The standard InChI is InChI=1S/C19H26N4OS/c1-14-7-8-17(25-14)13-23-19(20-2)22-12-15-9-10-21-18(11-15)24-16-5-3-4-6-16/h7-11,16H,3-6,12-13H2,1-2H3,(H2,20,22,23). The Balaban J connectivity index is 1.49. The lowest BCUT2D eigenvalue weighted by Crippen LogP contribution is -2.36. The second-order valence-electron chi connectivity index (χ2n) is 6.32. The molecule has 1 aliphatic rings. The molecule has 0 saturated heterocycles. The van der Waals surface area contributed by atoms with Gasteiger partial charge in [-0.2, -0.15) is 0 Å². The predicted octanol–water partition coefficient (Wildman–Crippen LogP) is 3.64. The number of nitrogens with zero attached hydrogens (tertiary/aromatic N) is 2. The van der Waals surface area contributed by atoms with Crippen LogP contribution >= 0.6 is 11.3 Å². The molecule has 0 atom stereocenters. The van der Waals surface area contributed by atoms with E-state index in [9.17, 15) is 0 Å². The SMILES string of the molecule is CN=C(NCc1ccnc(OC2CCCC2)c1)NCc1ccc(C)s1. The average Bonchev–Trinajstić information content (AvgIpc) is 3.27. The van der Waals surface area contributed by atoms with Gasteiger partial charge in [-0.15, -0.1) is 11.3 Å². The molecule has 0 unspecified atom stereocenters. The largest absolute Gasteiger partial charge is 0.474 e. The summed E-state index contributed by atoms with van der Waals surface area (Å²) in [7, 11) is 1.79. The molecule has 0 aliphatic heterocycles. The topological polar surface area (TPSA) is 58.5 Å². The first-order valence-electron chi connectivity index (χ1n) is 8.84. The first kappa shape index (κ1) is 17.7. The summed E-state index contributed by atoms with van der Waals surface area (Å²) >= 11 is 1.80. The molecule has 2 aromatic rings. The molecule has 1 saturated carbocycles. The van der Waals surface area contributed by atoms with E-state index in [0.717, 1.165) is 36.8 Å². The Labute approximate surface area is 153 Å². The van der Waals surface area contributed by atoms with Crippen LogP contribution in [-0.2, 0) is 13.1 Å². The van der Waals surface area contributed by atoms with Crippen molar-refractivity contribution in [1.29, 1.82) is 0 Å². The van der Waals surface area contributed by atoms with Crippen molar-refractivity contribution in [3.05, 3.63) is 45.8 Å². The van der Waals surface area contributed by atoms with Gasteiger partial charge in [-0.25, -0.2) is 4.98 Å². The molecule has 134 valence electrons. The highest BCUT2D eigenvalue weighted by Gasteiger charge is 2.17. The lowest BCUT2D eigenvalue weighted by atomic mass is 10.2. The Morgan fingerprint density at radius 1 is 1.24 bits per heavy atom. The van der Waals surface area contributed by atoms with E-state index in [1.54, 1.807) is 18.4 Å². The minimum Gasteiger partial charge on any atom is -0.474 e. The van der Waals surface area contributed by atoms with Gasteiger partial charge in [0.05, 0.1) is 6.54 Å². The molecule has 2 aromatic heterocycles. The Morgan fingerprint density at radius 3 is 2.76 bits per heavy atom. The van der Waals surface area contributed by atoms with E-state index in [4.69, 9.17) is 4.74 Å². The van der Waals surface area contributed by atoms with Gasteiger partial charge in [0.1, 0.15) is 6.10 Å². The van der Waals surface area contributed by atoms with E-state index >= 15 is 0 Å². The van der Waals surface area contributed by atoms with Crippen molar-refractivity contribution >= 4 is 17.3 Å². The van der Waals surface area contributed by atoms with Crippen LogP contribution in [0.15, 0.2) is 35.5 Å². The molecular weight excluding hydrogens is 332 g/mol. The number of aliphatic imine (C=N–C) groups is 1. The highest BCUT2D eigenvalue weighted by molar-refractivity contribution is 7.11. The van der Waals surface area contributed by atoms with Gasteiger partial charge in [-0.05, 0) is 56.4 Å². The summed E-state index contributed by atoms with van der Waals surface area (Å²) in [6, 6.07) is 8.31. The first-order valence-corrected chi connectivity index (χ1v) is 9.66. The fraction of sp³-hybridized carbons (Fsp3) is 0.474. The van der Waals surface area contributed by atoms with Crippen molar-refractivity contribution in [2.75, 3.05) is 7.05 Å². The smallest absolute Gasteiger partial charge is 0.213 e. The van der Waals surface area contributed by atoms with E-state index in [1.165, 1.54) is 22.6 Å². The van der Waals surface area contributed by atoms with Crippen LogP contribution in [0.4, 0.5) is 0 Å². The van der Waals surface area contributed by atoms with Crippen LogP contribution in [-0.4, -0.2) is 24.1 Å². The third-order valence-electron chi connectivity index (χ3n) is 4.30. The van der Waals surface area contributed by atoms with Gasteiger partial charge in [-0.3, -0.25) is 4.99 Å². The van der Waals surface area contributed by atoms with Crippen molar-refractivity contribution in [2.24, 2.45) is 4.99 Å². The third kappa shape index (κ3) is 5.46. The van der Waals surface area contributed by atoms with E-state index in [2.05, 4.69) is 39.7 Å². The number of thiophene rings is 1. The van der Waals surface area contributed by atoms with Gasteiger partial charge in [0.15, 0.2) is 5.96 Å². The second kappa shape index (κ2) is 8.85. The number of hydrogen-bond donors (Lipinski definition) is 2. The average molecular weight is 359 g/mol. The van der Waals surface area contributed by atoms with Crippen LogP contribution in [0, 0.1) is 6.92 Å². The predicted molar refractivity (Wildman–Crippen MR) is 103 cm³/mol. The number of pyridine rings is 1. The van der Waals surface area contributed by atoms with Crippen LogP contribution in [0.3, 0.4) is 0 Å². The number of ether oxygens (including phenoxy) is 1. The van der Waals surface area contributed by atoms with Crippen molar-refractivity contribution < 1.29 is 4.74 Å². The molecule has 0 spiro atoms. The molecule has 2 heterocycles. The molecule has 25 heavy (non-hydrogen) atoms. The summed E-state index contributed by atoms with van der Waals surface area (Å²) < 4.78 is 5.97. The van der Waals surface area contributed by atoms with Crippen molar-refractivity contribution in [1.82, 2.24) is 15.6 Å². The van der Waals surface area contributed by atoms with Crippen LogP contribution in [0.2, 0.25) is 0 Å². The molecule has 0 aromatic carbocycles. The van der Waals surface area contributed by atoms with Crippen molar-refractivity contribution in [2.45, 2.75) is 51.8 Å². The number of hydrogen-bond acceptors (Lipinski definition) is 4. The van der Waals surface area contributed by atoms with Crippen LogP contribution in [0.5, 0.6) is 5.88 Å². The fourth-order valence-corrected chi connectivity index (χ4v) is 3.79. The van der Waals surface area contributed by atoms with Gasteiger partial charge in [0, 0.05) is 35.6 Å². The second-order valence-corrected chi connectivity index (χ2v) is 7.69. The Kier molecular flexibility index (Phi) is 6.28. The highest BCUT2D eigenvalue weighted by atomic mass is 32.1. The summed E-state index contributed by atoms with van der Waals surface area (Å²) in [6.45, 7) is 3.59. The van der Waals surface area contributed by atoms with Gasteiger partial charge in [0.25, 0.3) is 0 Å². The number of aromatic nitrogens is 1. The lowest BCUT2D eigenvalue weighted by Gasteiger charge is -2.14. The van der Waals surface area contributed by atoms with Gasteiger partial charge >= 0.3 is 0 Å². The minimum atomic E-state index is 0.333. The molecule has 0 amide bonds. The molecule has 0 radical (unpaired) electrons. The quantitative estimate of drug-likeness (QED) is 0.611. The normalized spacial score (nSPS) is 15.4. The lowest BCUT2D eigenvalue weighted by molar-refractivity contribution is 0.201. The Morgan fingerprint density at radius 2 is 2.04 bits per heavy atom. The molecule has 6 heteroatoms. The molecule has 1 fully saturated rings. The van der Waals surface area contributed by atoms with Crippen LogP contribution in [0.25, 0.3) is 0 Å². The zero-order chi connectivity index (χ0) is 17.5. The first-order chi connectivity index (χ1) is 12.2. The third-order valence-corrected chi connectivity index (χ3v) is 5.30. The van der Waals surface area contributed by atoms with Crippen molar-refractivity contribution in [3.63, 3.8) is 0 Å². The molecule has 5 nitrogen and oxygen atoms in total. The highest BCUT2D eigenvalue weighted by Crippen LogP contribution is 2.23. The Bertz CT molecular complexity index is 707. The summed E-state index contributed by atoms with van der Waals surface area (Å²) in [5, 5.41) is 6.69. The summed E-state index contributed by atoms with van der Waals surface area (Å²) in [5.74, 6) is 1.52. The number of rotatable bonds is 6. The van der Waals surface area contributed by atoms with Crippen LogP contribution in [0.1, 0.15) is 41.0 Å². The number of nitrogens with one attached hydrogen (secondary N) is 2. The van der Waals surface area contributed by atoms with Gasteiger partial charge in [-0.1, -0.05) is 0 Å². The zero-order valence-corrected chi connectivity index (χ0v) is 15.7. The zero-order valence-electron chi connectivity index (χ0n) is 14.9. The molecule has 2 N–H and O–H groups in total. The maximum Gasteiger partial charge on any atom is 0.213 e. The van der Waals surface area contributed by atoms with E-state index in [0.29, 0.717) is 12.6 Å². The van der Waals surface area contributed by atoms with Gasteiger partial charge in [0.2, 0.25) is 5.88 Å². The molecular formula is C19H26N4OS. The summed E-state index contributed by atoms with van der Waals surface area (Å²) in [4.78, 5) is 11.2. The maximum absolute atomic E-state index is 5.97. The van der Waals surface area contributed by atoms with E-state index in [1.807, 2.05) is 18.3 Å². The summed E-state index contributed by atoms with van der Waals surface area (Å²) in [5.41, 5.74) is 1.14. The molecule has 0 bridgehead atoms. The van der Waals surface area contributed by atoms with Gasteiger partial charge < -0.3 is 15.4 Å². The minimum absolute atomic E-state index is 0.333. The number of guanidine groups is 1. The fourth-order valence-electron chi connectivity index (χ4n) is 2.96. The monoisotopic (exact) mass is 358 g/mol. The molecule has 3 rings (SSSR count). The van der Waals surface area contributed by atoms with E-state index < -0.39 is 0 Å². The maximum atomic E-state index is 5.97. The van der Waals surface area contributed by atoms with E-state index in [-0.39, 0.29) is 0 Å². The van der Waals surface area contributed by atoms with Crippen molar-refractivity contribution in [3.8, 4) is 5.88 Å². The molecule has 1 aliphatic carbocycles. The number of aryl methyl sites for hydroxylation is 1. The Hall–Kier alpha value is -2.08. The summed E-state index contributed by atoms with van der Waals surface area (Å²) in [6.07, 6.45) is 6.95. The van der Waals surface area contributed by atoms with Crippen LogP contribution < -0.4 is 15.4 Å².